The van der Waals surface area contributed by atoms with Gasteiger partial charge < -0.3 is 9.88 Å². The summed E-state index contributed by atoms with van der Waals surface area (Å²) in [4.78, 5) is 11.8. The quantitative estimate of drug-likeness (QED) is 0.531. The van der Waals surface area contributed by atoms with Gasteiger partial charge >= 0.3 is 0 Å². The number of fused-ring (bicyclic) bond motifs is 1. The maximum atomic E-state index is 4.87. The molecule has 3 aromatic rings. The van der Waals surface area contributed by atoms with Crippen molar-refractivity contribution >= 4 is 28.5 Å². The summed E-state index contributed by atoms with van der Waals surface area (Å²) in [5.74, 6) is 2.83. The second-order valence-electron chi connectivity index (χ2n) is 6.54. The normalized spacial score (nSPS) is 19.2. The molecule has 1 saturated heterocycles. The number of hydrogen-bond donors (Lipinski definition) is 1. The molecule has 1 unspecified atom stereocenters. The van der Waals surface area contributed by atoms with Crippen LogP contribution >= 0.6 is 11.8 Å². The van der Waals surface area contributed by atoms with Crippen LogP contribution < -0.4 is 0 Å². The number of aliphatic imine (C=N–C) groups is 1. The fraction of sp³-hybridized carbons (Fsp3) is 0.286. The third-order valence-electron chi connectivity index (χ3n) is 4.83. The van der Waals surface area contributed by atoms with Gasteiger partial charge in [-0.05, 0) is 11.6 Å². The fourth-order valence-electron chi connectivity index (χ4n) is 3.51. The minimum absolute atomic E-state index is 0.575. The Balaban J connectivity index is 1.34. The van der Waals surface area contributed by atoms with Gasteiger partial charge in [0.25, 0.3) is 0 Å². The number of aromatic amines is 1. The number of aromatic nitrogens is 1. The maximum absolute atomic E-state index is 4.87. The van der Waals surface area contributed by atoms with Gasteiger partial charge in [-0.25, -0.2) is 0 Å². The molecule has 3 nitrogen and oxygen atoms in total. The van der Waals surface area contributed by atoms with Crippen LogP contribution in [0.1, 0.15) is 17.9 Å². The molecule has 2 heterocycles. The minimum Gasteiger partial charge on any atom is -0.363 e. The Morgan fingerprint density at radius 2 is 1.92 bits per heavy atom. The lowest BCUT2D eigenvalue weighted by atomic mass is 9.98. The summed E-state index contributed by atoms with van der Waals surface area (Å²) in [5.41, 5.74) is 2.63. The number of likely N-dealkylation sites (N-methyl/N-ethyl adjacent to an activating group) is 1. The van der Waals surface area contributed by atoms with Crippen molar-refractivity contribution in [2.24, 2.45) is 4.99 Å². The highest BCUT2D eigenvalue weighted by atomic mass is 32.2. The van der Waals surface area contributed by atoms with Crippen LogP contribution in [0.4, 0.5) is 0 Å². The highest BCUT2D eigenvalue weighted by molar-refractivity contribution is 7.99. The van der Waals surface area contributed by atoms with E-state index in [9.17, 15) is 0 Å². The second-order valence-corrected chi connectivity index (χ2v) is 7.67. The number of nitrogens with zero attached hydrogens (tertiary/aromatic N) is 2. The van der Waals surface area contributed by atoms with Crippen molar-refractivity contribution in [1.29, 1.82) is 0 Å². The largest absolute Gasteiger partial charge is 0.363 e. The Hall–Kier alpha value is -2.20. The first kappa shape index (κ1) is 16.3. The van der Waals surface area contributed by atoms with Gasteiger partial charge in [-0.1, -0.05) is 48.5 Å². The van der Waals surface area contributed by atoms with E-state index in [4.69, 9.17) is 4.99 Å². The monoisotopic (exact) mass is 349 g/mol. The Bertz CT molecular complexity index is 869. The first-order valence-corrected chi connectivity index (χ1v) is 9.78. The molecular formula is C21H23N3S. The zero-order valence-electron chi connectivity index (χ0n) is 14.5. The van der Waals surface area contributed by atoms with Gasteiger partial charge in [0.15, 0.2) is 0 Å². The van der Waals surface area contributed by atoms with Crippen LogP contribution in [0.3, 0.4) is 0 Å². The Labute approximate surface area is 153 Å². The Kier molecular flexibility index (Phi) is 4.79. The highest BCUT2D eigenvalue weighted by Crippen LogP contribution is 2.29. The number of rotatable bonds is 5. The van der Waals surface area contributed by atoms with E-state index in [1.807, 2.05) is 11.8 Å². The smallest absolute Gasteiger partial charge is 0.0993 e. The zero-order valence-corrected chi connectivity index (χ0v) is 15.3. The molecule has 0 bridgehead atoms. The minimum atomic E-state index is 0.575. The summed E-state index contributed by atoms with van der Waals surface area (Å²) < 4.78 is 0. The lowest BCUT2D eigenvalue weighted by Gasteiger charge is -2.12. The Morgan fingerprint density at radius 3 is 2.80 bits per heavy atom. The van der Waals surface area contributed by atoms with Crippen molar-refractivity contribution in [3.63, 3.8) is 0 Å². The number of benzene rings is 2. The van der Waals surface area contributed by atoms with Gasteiger partial charge in [-0.3, -0.25) is 4.99 Å². The second kappa shape index (κ2) is 7.36. The first-order valence-electron chi connectivity index (χ1n) is 8.79. The Morgan fingerprint density at radius 1 is 1.12 bits per heavy atom. The maximum Gasteiger partial charge on any atom is 0.0993 e. The van der Waals surface area contributed by atoms with E-state index in [0.717, 1.165) is 25.3 Å². The number of H-pyrrole nitrogens is 1. The summed E-state index contributed by atoms with van der Waals surface area (Å²) in [5, 5.41) is 1.31. The van der Waals surface area contributed by atoms with Gasteiger partial charge in [0, 0.05) is 53.7 Å². The molecule has 2 aromatic carbocycles. The van der Waals surface area contributed by atoms with E-state index >= 15 is 0 Å². The van der Waals surface area contributed by atoms with E-state index in [2.05, 4.69) is 77.7 Å². The van der Waals surface area contributed by atoms with Crippen LogP contribution in [-0.2, 0) is 0 Å². The number of likely N-dealkylation sites (tertiary alicyclic amines) is 1. The molecule has 1 aliphatic rings. The molecule has 1 fully saturated rings. The molecule has 1 N–H and O–H groups in total. The standard InChI is InChI=1S/C21H23N3S/c1-24-15-17(16-7-3-2-4-8-16)13-21(24)22-11-12-25-20-14-23-19-10-6-5-9-18(19)20/h2-10,14,17,23H,11-13,15H2,1H3. The summed E-state index contributed by atoms with van der Waals surface area (Å²) >= 11 is 1.88. The van der Waals surface area contributed by atoms with Gasteiger partial charge in [0.05, 0.1) is 12.4 Å². The third kappa shape index (κ3) is 3.59. The molecule has 0 amide bonds. The van der Waals surface area contributed by atoms with E-state index in [0.29, 0.717) is 5.92 Å². The van der Waals surface area contributed by atoms with E-state index in [-0.39, 0.29) is 0 Å². The van der Waals surface area contributed by atoms with E-state index in [1.54, 1.807) is 0 Å². The molecule has 0 radical (unpaired) electrons. The van der Waals surface area contributed by atoms with Crippen molar-refractivity contribution in [2.75, 3.05) is 25.9 Å². The molecule has 0 spiro atoms. The molecular weight excluding hydrogens is 326 g/mol. The zero-order chi connectivity index (χ0) is 17.1. The molecule has 128 valence electrons. The number of thioether (sulfide) groups is 1. The van der Waals surface area contributed by atoms with Crippen LogP contribution in [0.5, 0.6) is 0 Å². The number of amidine groups is 1. The SMILES string of the molecule is CN1CC(c2ccccc2)CC1=NCCSc1c[nH]c2ccccc12. The summed E-state index contributed by atoms with van der Waals surface area (Å²) in [6.07, 6.45) is 3.16. The summed E-state index contributed by atoms with van der Waals surface area (Å²) in [6, 6.07) is 19.3. The number of para-hydroxylation sites is 1. The molecule has 0 saturated carbocycles. The van der Waals surface area contributed by atoms with Crippen molar-refractivity contribution in [1.82, 2.24) is 9.88 Å². The molecule has 1 atom stereocenters. The lowest BCUT2D eigenvalue weighted by Crippen LogP contribution is -2.20. The predicted molar refractivity (Wildman–Crippen MR) is 108 cm³/mol. The van der Waals surface area contributed by atoms with Crippen molar-refractivity contribution < 1.29 is 0 Å². The van der Waals surface area contributed by atoms with Gasteiger partial charge in [-0.15, -0.1) is 11.8 Å². The average molecular weight is 350 g/mol. The van der Waals surface area contributed by atoms with Crippen LogP contribution in [0.2, 0.25) is 0 Å². The average Bonchev–Trinajstić information content (AvgIpc) is 3.23. The van der Waals surface area contributed by atoms with Gasteiger partial charge in [0.2, 0.25) is 0 Å². The molecule has 0 aliphatic carbocycles. The van der Waals surface area contributed by atoms with E-state index < -0.39 is 0 Å². The lowest BCUT2D eigenvalue weighted by molar-refractivity contribution is 0.519. The van der Waals surface area contributed by atoms with Crippen LogP contribution in [0.25, 0.3) is 10.9 Å². The first-order chi connectivity index (χ1) is 12.3. The fourth-order valence-corrected chi connectivity index (χ4v) is 4.38. The van der Waals surface area contributed by atoms with Crippen LogP contribution in [-0.4, -0.2) is 41.6 Å². The molecule has 1 aromatic heterocycles. The molecule has 4 rings (SSSR count). The van der Waals surface area contributed by atoms with Crippen LogP contribution in [0.15, 0.2) is 70.7 Å². The van der Waals surface area contributed by atoms with Gasteiger partial charge in [0.1, 0.15) is 0 Å². The molecule has 4 heteroatoms. The highest BCUT2D eigenvalue weighted by Gasteiger charge is 2.25. The van der Waals surface area contributed by atoms with Crippen molar-refractivity contribution in [2.45, 2.75) is 17.2 Å². The van der Waals surface area contributed by atoms with Crippen molar-refractivity contribution in [3.8, 4) is 0 Å². The third-order valence-corrected chi connectivity index (χ3v) is 5.86. The molecule has 1 aliphatic heterocycles. The summed E-state index contributed by atoms with van der Waals surface area (Å²) in [7, 11) is 2.16. The van der Waals surface area contributed by atoms with E-state index in [1.165, 1.54) is 27.2 Å². The van der Waals surface area contributed by atoms with Gasteiger partial charge in [-0.2, -0.15) is 0 Å². The predicted octanol–water partition coefficient (Wildman–Crippen LogP) is 4.78. The van der Waals surface area contributed by atoms with Crippen molar-refractivity contribution in [3.05, 3.63) is 66.4 Å². The topological polar surface area (TPSA) is 31.4 Å². The molecule has 25 heavy (non-hydrogen) atoms. The number of nitrogens with one attached hydrogen (secondary N) is 1. The van der Waals surface area contributed by atoms with Crippen LogP contribution in [0, 0.1) is 0 Å². The number of hydrogen-bond acceptors (Lipinski definition) is 2. The summed E-state index contributed by atoms with van der Waals surface area (Å²) in [6.45, 7) is 1.93.